The Bertz CT molecular complexity index is 453. The van der Waals surface area contributed by atoms with Gasteiger partial charge in [-0.2, -0.15) is 0 Å². The summed E-state index contributed by atoms with van der Waals surface area (Å²) in [6.45, 7) is 2.29. The van der Waals surface area contributed by atoms with Crippen molar-refractivity contribution in [2.24, 2.45) is 5.92 Å². The third-order valence-corrected chi connectivity index (χ3v) is 3.54. The molecule has 1 saturated heterocycles. The van der Waals surface area contributed by atoms with Gasteiger partial charge < -0.3 is 10.4 Å². The average molecular weight is 247 g/mol. The maximum atomic E-state index is 11.4. The molecule has 1 aliphatic heterocycles. The van der Waals surface area contributed by atoms with Crippen molar-refractivity contribution in [1.29, 1.82) is 0 Å². The molecule has 2 rings (SSSR count). The van der Waals surface area contributed by atoms with Crippen molar-refractivity contribution in [2.45, 2.75) is 25.7 Å². The number of benzene rings is 1. The van der Waals surface area contributed by atoms with E-state index >= 15 is 0 Å². The van der Waals surface area contributed by atoms with Gasteiger partial charge in [-0.3, -0.25) is 9.59 Å². The first-order chi connectivity index (χ1) is 8.61. The van der Waals surface area contributed by atoms with Crippen LogP contribution in [0.15, 0.2) is 24.3 Å². The Labute approximate surface area is 106 Å². The van der Waals surface area contributed by atoms with Gasteiger partial charge in [0.05, 0.1) is 5.92 Å². The summed E-state index contributed by atoms with van der Waals surface area (Å²) >= 11 is 0. The van der Waals surface area contributed by atoms with Gasteiger partial charge in [-0.25, -0.2) is 0 Å². The lowest BCUT2D eigenvalue weighted by Crippen LogP contribution is -2.43. The highest BCUT2D eigenvalue weighted by Crippen LogP contribution is 2.31. The number of piperidine rings is 1. The molecule has 4 nitrogen and oxygen atoms in total. The molecule has 1 heterocycles. The van der Waals surface area contributed by atoms with E-state index in [2.05, 4.69) is 12.2 Å². The number of aryl methyl sites for hydroxylation is 1. The minimum absolute atomic E-state index is 0.0722. The number of amides is 1. The molecule has 96 valence electrons. The zero-order valence-corrected chi connectivity index (χ0v) is 10.3. The van der Waals surface area contributed by atoms with Crippen molar-refractivity contribution < 1.29 is 14.7 Å². The summed E-state index contributed by atoms with van der Waals surface area (Å²) in [6, 6.07) is 7.89. The highest BCUT2D eigenvalue weighted by Gasteiger charge is 2.35. The van der Waals surface area contributed by atoms with Gasteiger partial charge in [0.1, 0.15) is 0 Å². The largest absolute Gasteiger partial charge is 0.481 e. The van der Waals surface area contributed by atoms with E-state index in [1.807, 2.05) is 24.3 Å². The van der Waals surface area contributed by atoms with E-state index in [0.717, 1.165) is 12.0 Å². The average Bonchev–Trinajstić information content (AvgIpc) is 2.38. The summed E-state index contributed by atoms with van der Waals surface area (Å²) in [5.41, 5.74) is 2.15. The Hall–Kier alpha value is -1.84. The molecule has 1 aromatic rings. The van der Waals surface area contributed by atoms with Crippen LogP contribution in [0.3, 0.4) is 0 Å². The molecule has 1 aliphatic rings. The van der Waals surface area contributed by atoms with E-state index in [4.69, 9.17) is 0 Å². The quantitative estimate of drug-likeness (QED) is 0.851. The Kier molecular flexibility index (Phi) is 3.65. The van der Waals surface area contributed by atoms with E-state index in [9.17, 15) is 14.7 Å². The number of rotatable bonds is 3. The van der Waals surface area contributed by atoms with Gasteiger partial charge in [-0.05, 0) is 17.5 Å². The van der Waals surface area contributed by atoms with Crippen LogP contribution in [-0.4, -0.2) is 23.5 Å². The second kappa shape index (κ2) is 5.21. The second-order valence-corrected chi connectivity index (χ2v) is 4.65. The second-order valence-electron chi connectivity index (χ2n) is 4.65. The van der Waals surface area contributed by atoms with Crippen LogP contribution in [0.2, 0.25) is 0 Å². The monoisotopic (exact) mass is 247 g/mol. The number of carboxylic acids is 1. The normalized spacial score (nSPS) is 23.5. The summed E-state index contributed by atoms with van der Waals surface area (Å²) in [4.78, 5) is 22.7. The summed E-state index contributed by atoms with van der Waals surface area (Å²) < 4.78 is 0. The lowest BCUT2D eigenvalue weighted by Gasteiger charge is -2.29. The van der Waals surface area contributed by atoms with Crippen molar-refractivity contribution in [3.63, 3.8) is 0 Å². The lowest BCUT2D eigenvalue weighted by molar-refractivity contribution is -0.144. The Morgan fingerprint density at radius 3 is 2.61 bits per heavy atom. The number of carbonyl (C=O) groups is 2. The summed E-state index contributed by atoms with van der Waals surface area (Å²) in [5, 5.41) is 11.8. The smallest absolute Gasteiger partial charge is 0.308 e. The predicted octanol–water partition coefficient (Wildman–Crippen LogP) is 1.55. The van der Waals surface area contributed by atoms with Crippen molar-refractivity contribution >= 4 is 11.9 Å². The van der Waals surface area contributed by atoms with E-state index in [-0.39, 0.29) is 24.8 Å². The van der Waals surface area contributed by atoms with Gasteiger partial charge >= 0.3 is 5.97 Å². The van der Waals surface area contributed by atoms with Crippen molar-refractivity contribution in [1.82, 2.24) is 5.32 Å². The van der Waals surface area contributed by atoms with Gasteiger partial charge in [0, 0.05) is 18.9 Å². The number of hydrogen-bond donors (Lipinski definition) is 2. The molecule has 0 aromatic heterocycles. The minimum atomic E-state index is -0.848. The van der Waals surface area contributed by atoms with Crippen LogP contribution in [-0.2, 0) is 16.0 Å². The number of aliphatic carboxylic acids is 1. The Morgan fingerprint density at radius 1 is 1.39 bits per heavy atom. The van der Waals surface area contributed by atoms with Crippen LogP contribution in [0.4, 0.5) is 0 Å². The molecular formula is C14H17NO3. The fourth-order valence-electron chi connectivity index (χ4n) is 2.39. The number of hydrogen-bond acceptors (Lipinski definition) is 2. The van der Waals surface area contributed by atoms with Gasteiger partial charge in [0.25, 0.3) is 0 Å². The van der Waals surface area contributed by atoms with E-state index in [0.29, 0.717) is 0 Å². The molecular weight excluding hydrogens is 230 g/mol. The first kappa shape index (κ1) is 12.6. The lowest BCUT2D eigenvalue weighted by atomic mass is 9.80. The highest BCUT2D eigenvalue weighted by atomic mass is 16.4. The van der Waals surface area contributed by atoms with Crippen molar-refractivity contribution in [3.8, 4) is 0 Å². The summed E-state index contributed by atoms with van der Waals surface area (Å²) in [5.74, 6) is -1.67. The maximum Gasteiger partial charge on any atom is 0.308 e. The third kappa shape index (κ3) is 2.53. The van der Waals surface area contributed by atoms with Gasteiger partial charge in [-0.15, -0.1) is 0 Å². The fraction of sp³-hybridized carbons (Fsp3) is 0.429. The Morgan fingerprint density at radius 2 is 2.06 bits per heavy atom. The zero-order chi connectivity index (χ0) is 13.1. The molecule has 4 heteroatoms. The maximum absolute atomic E-state index is 11.4. The topological polar surface area (TPSA) is 66.4 Å². The van der Waals surface area contributed by atoms with Crippen molar-refractivity contribution in [3.05, 3.63) is 35.4 Å². The van der Waals surface area contributed by atoms with Crippen LogP contribution >= 0.6 is 0 Å². The number of carboxylic acid groups (broad SMARTS) is 1. The SMILES string of the molecule is CCc1ccc(C2CC(=O)NCC2C(=O)O)cc1. The fourth-order valence-corrected chi connectivity index (χ4v) is 2.39. The molecule has 1 amide bonds. The summed E-state index contributed by atoms with van der Waals surface area (Å²) in [7, 11) is 0. The number of carbonyl (C=O) groups excluding carboxylic acids is 1. The van der Waals surface area contributed by atoms with Crippen LogP contribution in [0, 0.1) is 5.92 Å². The molecule has 2 atom stereocenters. The molecule has 0 bridgehead atoms. The first-order valence-corrected chi connectivity index (χ1v) is 6.20. The summed E-state index contributed by atoms with van der Waals surface area (Å²) in [6.07, 6.45) is 1.20. The van der Waals surface area contributed by atoms with Gasteiger partial charge in [-0.1, -0.05) is 31.2 Å². The van der Waals surface area contributed by atoms with E-state index < -0.39 is 11.9 Å². The standard InChI is InChI=1S/C14H17NO3/c1-2-9-3-5-10(6-4-9)11-7-13(16)15-8-12(11)14(17)18/h3-6,11-12H,2,7-8H2,1H3,(H,15,16)(H,17,18). The van der Waals surface area contributed by atoms with Gasteiger partial charge in [0.2, 0.25) is 5.91 Å². The van der Waals surface area contributed by atoms with E-state index in [1.165, 1.54) is 5.56 Å². The molecule has 2 N–H and O–H groups in total. The van der Waals surface area contributed by atoms with E-state index in [1.54, 1.807) is 0 Å². The van der Waals surface area contributed by atoms with Crippen LogP contribution < -0.4 is 5.32 Å². The molecule has 0 saturated carbocycles. The van der Waals surface area contributed by atoms with Crippen molar-refractivity contribution in [2.75, 3.05) is 6.54 Å². The predicted molar refractivity (Wildman–Crippen MR) is 67.3 cm³/mol. The number of nitrogens with one attached hydrogen (secondary N) is 1. The highest BCUT2D eigenvalue weighted by molar-refractivity contribution is 5.82. The molecule has 18 heavy (non-hydrogen) atoms. The molecule has 2 unspecified atom stereocenters. The molecule has 1 fully saturated rings. The zero-order valence-electron chi connectivity index (χ0n) is 10.3. The van der Waals surface area contributed by atoms with Crippen LogP contribution in [0.25, 0.3) is 0 Å². The molecule has 0 spiro atoms. The van der Waals surface area contributed by atoms with Crippen LogP contribution in [0.5, 0.6) is 0 Å². The van der Waals surface area contributed by atoms with Gasteiger partial charge in [0.15, 0.2) is 0 Å². The third-order valence-electron chi connectivity index (χ3n) is 3.54. The first-order valence-electron chi connectivity index (χ1n) is 6.20. The molecule has 1 aromatic carbocycles. The molecule has 0 radical (unpaired) electrons. The molecule has 0 aliphatic carbocycles. The Balaban J connectivity index is 2.25. The van der Waals surface area contributed by atoms with Crippen LogP contribution in [0.1, 0.15) is 30.4 Å². The minimum Gasteiger partial charge on any atom is -0.481 e.